The van der Waals surface area contributed by atoms with Crippen LogP contribution in [-0.4, -0.2) is 48.0 Å². The van der Waals surface area contributed by atoms with Crippen molar-refractivity contribution in [1.29, 1.82) is 0 Å². The lowest BCUT2D eigenvalue weighted by atomic mass is 9.87. The van der Waals surface area contributed by atoms with Gasteiger partial charge in [-0.1, -0.05) is 46.6 Å². The number of nitrogens with zero attached hydrogens (tertiary/aromatic N) is 3. The maximum absolute atomic E-state index is 6.66. The molecule has 1 aromatic heterocycles. The molecular weight excluding hydrogens is 513 g/mol. The van der Waals surface area contributed by atoms with E-state index >= 15 is 0 Å². The Morgan fingerprint density at radius 1 is 1.19 bits per heavy atom. The first-order chi connectivity index (χ1) is 17.6. The lowest BCUT2D eigenvalue weighted by molar-refractivity contribution is -0.0169. The van der Waals surface area contributed by atoms with Crippen LogP contribution in [0.1, 0.15) is 37.7 Å². The van der Waals surface area contributed by atoms with Crippen LogP contribution in [0.4, 0.5) is 5.13 Å². The summed E-state index contributed by atoms with van der Waals surface area (Å²) in [5, 5.41) is 8.25. The Kier molecular flexibility index (Phi) is 7.13. The van der Waals surface area contributed by atoms with Crippen LogP contribution in [-0.2, 0) is 9.57 Å². The molecule has 2 aromatic rings. The maximum Gasteiger partial charge on any atom is 0.185 e. The molecule has 0 amide bonds. The van der Waals surface area contributed by atoms with E-state index in [1.165, 1.54) is 24.0 Å². The van der Waals surface area contributed by atoms with E-state index in [0.29, 0.717) is 17.6 Å². The van der Waals surface area contributed by atoms with E-state index in [2.05, 4.69) is 46.6 Å². The number of hydrogen-bond acceptors (Lipinski definition) is 6. The van der Waals surface area contributed by atoms with Crippen LogP contribution in [0.2, 0.25) is 0 Å². The van der Waals surface area contributed by atoms with E-state index in [1.807, 2.05) is 12.2 Å². The van der Waals surface area contributed by atoms with Crippen LogP contribution in [0, 0.1) is 18.8 Å². The van der Waals surface area contributed by atoms with Gasteiger partial charge in [0, 0.05) is 34.6 Å². The Morgan fingerprint density at radius 2 is 2.03 bits per heavy atom. The van der Waals surface area contributed by atoms with Gasteiger partial charge in [0.05, 0.1) is 35.4 Å². The normalized spacial score (nSPS) is 26.9. The molecule has 1 saturated carbocycles. The van der Waals surface area contributed by atoms with Crippen molar-refractivity contribution in [1.82, 2.24) is 4.98 Å². The van der Waals surface area contributed by atoms with Gasteiger partial charge in [0.15, 0.2) is 5.13 Å². The number of thiazole rings is 1. The molecule has 190 valence electrons. The molecular formula is C28H31Cl2N3O2S. The quantitative estimate of drug-likeness (QED) is 0.354. The molecule has 0 spiro atoms. The van der Waals surface area contributed by atoms with E-state index in [4.69, 9.17) is 37.8 Å². The molecule has 3 unspecified atom stereocenters. The van der Waals surface area contributed by atoms with Crippen LogP contribution in [0.3, 0.4) is 0 Å². The van der Waals surface area contributed by atoms with Gasteiger partial charge in [0.1, 0.15) is 6.10 Å². The zero-order valence-electron chi connectivity index (χ0n) is 20.4. The number of oxime groups is 1. The number of aryl methyl sites for hydroxylation is 1. The summed E-state index contributed by atoms with van der Waals surface area (Å²) in [5.41, 5.74) is 5.30. The molecule has 3 heterocycles. The number of benzene rings is 1. The number of piperidine rings is 1. The second kappa shape index (κ2) is 10.5. The van der Waals surface area contributed by atoms with Gasteiger partial charge in [-0.05, 0) is 57.1 Å². The first-order valence-electron chi connectivity index (χ1n) is 12.9. The number of rotatable bonds is 7. The number of alkyl halides is 1. The standard InChI is InChI=1S/C28H31Cl2N3O2S/c1-17-4-2-5-19(14-17)24-16-36-28(31-24)33-12-10-20(11-13-33)34-15-21-26(32-35-27(21)18-8-9-18)25-22(29)6-3-7-23(25)30/h2-6,14,16,18,20-21,23,27H,7-13,15H2,1H3. The molecule has 3 atom stereocenters. The van der Waals surface area contributed by atoms with Gasteiger partial charge in [-0.2, -0.15) is 0 Å². The fourth-order valence-corrected chi connectivity index (χ4v) is 7.00. The topological polar surface area (TPSA) is 47.0 Å². The molecule has 1 saturated heterocycles. The number of anilines is 1. The first kappa shape index (κ1) is 24.5. The van der Waals surface area contributed by atoms with Crippen LogP contribution in [0.15, 0.2) is 57.6 Å². The van der Waals surface area contributed by atoms with Crippen molar-refractivity contribution in [3.05, 3.63) is 58.0 Å². The third-order valence-electron chi connectivity index (χ3n) is 7.59. The van der Waals surface area contributed by atoms with Gasteiger partial charge in [-0.25, -0.2) is 4.98 Å². The Bertz CT molecular complexity index is 1200. The zero-order chi connectivity index (χ0) is 24.6. The van der Waals surface area contributed by atoms with Crippen LogP contribution >= 0.6 is 34.5 Å². The summed E-state index contributed by atoms with van der Waals surface area (Å²) in [5.74, 6) is 0.643. The maximum atomic E-state index is 6.66. The molecule has 0 bridgehead atoms. The van der Waals surface area contributed by atoms with Gasteiger partial charge in [0.25, 0.3) is 0 Å². The number of aromatic nitrogens is 1. The van der Waals surface area contributed by atoms with Crippen LogP contribution < -0.4 is 4.90 Å². The SMILES string of the molecule is Cc1cccc(-c2csc(N3CCC(OCC4C(C5=C(Cl)C=CCC5Cl)=NOC4C4CC4)CC3)n2)c1. The lowest BCUT2D eigenvalue weighted by Gasteiger charge is -2.33. The summed E-state index contributed by atoms with van der Waals surface area (Å²) in [4.78, 5) is 13.2. The Hall–Kier alpha value is -1.86. The summed E-state index contributed by atoms with van der Waals surface area (Å²) in [7, 11) is 0. The molecule has 8 heteroatoms. The van der Waals surface area contributed by atoms with Crippen LogP contribution in [0.25, 0.3) is 11.3 Å². The minimum atomic E-state index is -0.170. The molecule has 6 rings (SSSR count). The first-order valence-corrected chi connectivity index (χ1v) is 14.6. The zero-order valence-corrected chi connectivity index (χ0v) is 22.7. The summed E-state index contributed by atoms with van der Waals surface area (Å²) >= 11 is 14.9. The second-order valence-corrected chi connectivity index (χ2v) is 12.0. The van der Waals surface area contributed by atoms with Crippen molar-refractivity contribution in [3.8, 4) is 11.3 Å². The fraction of sp³-hybridized carbons (Fsp3) is 0.500. The van der Waals surface area contributed by atoms with Gasteiger partial charge >= 0.3 is 0 Å². The number of halogens is 2. The molecule has 36 heavy (non-hydrogen) atoms. The molecule has 2 fully saturated rings. The number of allylic oxidation sites excluding steroid dienone is 4. The monoisotopic (exact) mass is 543 g/mol. The highest BCUT2D eigenvalue weighted by atomic mass is 35.5. The summed E-state index contributed by atoms with van der Waals surface area (Å²) < 4.78 is 6.51. The number of hydrogen-bond donors (Lipinski definition) is 0. The summed E-state index contributed by atoms with van der Waals surface area (Å²) in [6.07, 6.45) is 9.35. The Balaban J connectivity index is 1.07. The average Bonchev–Trinajstić information content (AvgIpc) is 3.45. The molecule has 0 N–H and O–H groups in total. The minimum absolute atomic E-state index is 0.0715. The van der Waals surface area contributed by atoms with Gasteiger partial charge in [-0.3, -0.25) is 0 Å². The van der Waals surface area contributed by atoms with Crippen molar-refractivity contribution in [2.24, 2.45) is 17.0 Å². The lowest BCUT2D eigenvalue weighted by Crippen LogP contribution is -2.39. The van der Waals surface area contributed by atoms with E-state index in [1.54, 1.807) is 11.3 Å². The average molecular weight is 545 g/mol. The van der Waals surface area contributed by atoms with Crippen molar-refractivity contribution >= 4 is 45.4 Å². The highest BCUT2D eigenvalue weighted by molar-refractivity contribution is 7.14. The molecule has 0 radical (unpaired) electrons. The van der Waals surface area contributed by atoms with Gasteiger partial charge < -0.3 is 14.5 Å². The van der Waals surface area contributed by atoms with Gasteiger partial charge in [-0.15, -0.1) is 22.9 Å². The predicted molar refractivity (Wildman–Crippen MR) is 148 cm³/mol. The largest absolute Gasteiger partial charge is 0.391 e. The fourth-order valence-electron chi connectivity index (χ4n) is 5.41. The Labute approximate surface area is 226 Å². The second-order valence-electron chi connectivity index (χ2n) is 10.3. The number of ether oxygens (including phenoxy) is 1. The van der Waals surface area contributed by atoms with E-state index in [0.717, 1.165) is 54.5 Å². The third-order valence-corrected chi connectivity index (χ3v) is 9.22. The smallest absolute Gasteiger partial charge is 0.185 e. The van der Waals surface area contributed by atoms with Crippen molar-refractivity contribution in [3.63, 3.8) is 0 Å². The van der Waals surface area contributed by atoms with Crippen LogP contribution in [0.5, 0.6) is 0 Å². The molecule has 5 nitrogen and oxygen atoms in total. The molecule has 2 aliphatic carbocycles. The van der Waals surface area contributed by atoms with Crippen molar-refractivity contribution < 1.29 is 9.57 Å². The molecule has 2 aliphatic heterocycles. The third kappa shape index (κ3) is 5.10. The summed E-state index contributed by atoms with van der Waals surface area (Å²) in [6.45, 7) is 4.61. The summed E-state index contributed by atoms with van der Waals surface area (Å²) in [6, 6.07) is 8.53. The van der Waals surface area contributed by atoms with Crippen molar-refractivity contribution in [2.45, 2.75) is 56.6 Å². The van der Waals surface area contributed by atoms with E-state index in [9.17, 15) is 0 Å². The highest BCUT2D eigenvalue weighted by Gasteiger charge is 2.47. The van der Waals surface area contributed by atoms with Crippen molar-refractivity contribution in [2.75, 3.05) is 24.6 Å². The molecule has 1 aromatic carbocycles. The minimum Gasteiger partial charge on any atom is -0.391 e. The van der Waals surface area contributed by atoms with E-state index in [-0.39, 0.29) is 23.5 Å². The Morgan fingerprint density at radius 3 is 2.78 bits per heavy atom. The molecule has 4 aliphatic rings. The van der Waals surface area contributed by atoms with E-state index < -0.39 is 0 Å². The predicted octanol–water partition coefficient (Wildman–Crippen LogP) is 6.95. The highest BCUT2D eigenvalue weighted by Crippen LogP contribution is 2.44. The van der Waals surface area contributed by atoms with Gasteiger partial charge in [0.2, 0.25) is 0 Å².